The van der Waals surface area contributed by atoms with Crippen molar-refractivity contribution in [2.45, 2.75) is 31.7 Å². The highest BCUT2D eigenvalue weighted by molar-refractivity contribution is 4.91. The van der Waals surface area contributed by atoms with Crippen molar-refractivity contribution in [2.24, 2.45) is 11.7 Å². The number of H-pyrrole nitrogens is 1. The summed E-state index contributed by atoms with van der Waals surface area (Å²) >= 11 is 0. The molecule has 1 atom stereocenters. The van der Waals surface area contributed by atoms with Crippen molar-refractivity contribution in [1.82, 2.24) is 15.2 Å². The quantitative estimate of drug-likeness (QED) is 0.703. The van der Waals surface area contributed by atoms with Crippen LogP contribution in [0.2, 0.25) is 0 Å². The molecule has 12 heavy (non-hydrogen) atoms. The number of hydrogen-bond donors (Lipinski definition) is 2. The van der Waals surface area contributed by atoms with E-state index >= 15 is 0 Å². The first-order valence-electron chi connectivity index (χ1n) is 4.47. The highest BCUT2D eigenvalue weighted by Gasteiger charge is 2.21. The average Bonchev–Trinajstić information content (AvgIpc) is 2.47. The fourth-order valence-corrected chi connectivity index (χ4v) is 1.59. The molecule has 1 fully saturated rings. The fourth-order valence-electron chi connectivity index (χ4n) is 1.59. The number of hydrogen-bond acceptors (Lipinski definition) is 3. The molecule has 0 amide bonds. The Morgan fingerprint density at radius 2 is 2.50 bits per heavy atom. The van der Waals surface area contributed by atoms with Crippen LogP contribution < -0.4 is 5.73 Å². The molecule has 1 unspecified atom stereocenters. The molecule has 0 aromatic carbocycles. The monoisotopic (exact) mass is 166 g/mol. The second kappa shape index (κ2) is 3.23. The van der Waals surface area contributed by atoms with Crippen LogP contribution in [-0.2, 0) is 0 Å². The van der Waals surface area contributed by atoms with Crippen molar-refractivity contribution in [1.29, 1.82) is 0 Å². The van der Waals surface area contributed by atoms with Gasteiger partial charge in [-0.3, -0.25) is 5.10 Å². The van der Waals surface area contributed by atoms with Crippen molar-refractivity contribution >= 4 is 0 Å². The van der Waals surface area contributed by atoms with E-state index in [0.717, 1.165) is 18.2 Å². The maximum Gasteiger partial charge on any atom is 0.141 e. The molecule has 1 aliphatic carbocycles. The standard InChI is InChI=1S/C8H14N4/c9-7(4-6-2-1-3-6)8-10-5-11-12-8/h5-7H,1-4,9H2,(H,10,11,12). The van der Waals surface area contributed by atoms with Crippen molar-refractivity contribution in [3.8, 4) is 0 Å². The van der Waals surface area contributed by atoms with Gasteiger partial charge < -0.3 is 5.73 Å². The molecule has 66 valence electrons. The largest absolute Gasteiger partial charge is 0.321 e. The summed E-state index contributed by atoms with van der Waals surface area (Å²) in [5, 5.41) is 6.58. The lowest BCUT2D eigenvalue weighted by molar-refractivity contribution is 0.274. The molecular formula is C8H14N4. The summed E-state index contributed by atoms with van der Waals surface area (Å²) in [5.74, 6) is 1.65. The van der Waals surface area contributed by atoms with Gasteiger partial charge in [0.15, 0.2) is 0 Å². The van der Waals surface area contributed by atoms with E-state index in [0.29, 0.717) is 0 Å². The Morgan fingerprint density at radius 1 is 1.67 bits per heavy atom. The first kappa shape index (κ1) is 7.73. The molecule has 1 aromatic rings. The zero-order valence-corrected chi connectivity index (χ0v) is 7.03. The molecule has 0 saturated heterocycles. The third kappa shape index (κ3) is 1.48. The Labute approximate surface area is 71.6 Å². The number of nitrogens with zero attached hydrogens (tertiary/aromatic N) is 2. The number of rotatable bonds is 3. The summed E-state index contributed by atoms with van der Waals surface area (Å²) in [6, 6.07) is 0.0535. The molecule has 0 aliphatic heterocycles. The lowest BCUT2D eigenvalue weighted by atomic mass is 9.81. The van der Waals surface area contributed by atoms with Crippen LogP contribution in [0.15, 0.2) is 6.33 Å². The Bertz CT molecular complexity index is 227. The average molecular weight is 166 g/mol. The summed E-state index contributed by atoms with van der Waals surface area (Å²) < 4.78 is 0. The molecule has 2 rings (SSSR count). The molecule has 1 saturated carbocycles. The van der Waals surface area contributed by atoms with Crippen molar-refractivity contribution in [2.75, 3.05) is 0 Å². The SMILES string of the molecule is NC(CC1CCC1)c1ncn[nH]1. The lowest BCUT2D eigenvalue weighted by Gasteiger charge is -2.27. The van der Waals surface area contributed by atoms with Crippen LogP contribution in [-0.4, -0.2) is 15.2 Å². The summed E-state index contributed by atoms with van der Waals surface area (Å²) in [5.41, 5.74) is 5.92. The predicted octanol–water partition coefficient (Wildman–Crippen LogP) is 0.995. The van der Waals surface area contributed by atoms with E-state index in [-0.39, 0.29) is 6.04 Å². The third-order valence-corrected chi connectivity index (χ3v) is 2.60. The van der Waals surface area contributed by atoms with E-state index in [4.69, 9.17) is 5.73 Å². The molecule has 0 radical (unpaired) electrons. The maximum atomic E-state index is 5.92. The Kier molecular flexibility index (Phi) is 2.08. The fraction of sp³-hybridized carbons (Fsp3) is 0.750. The van der Waals surface area contributed by atoms with Crippen LogP contribution in [0, 0.1) is 5.92 Å². The summed E-state index contributed by atoms with van der Waals surface area (Å²) in [7, 11) is 0. The summed E-state index contributed by atoms with van der Waals surface area (Å²) in [4.78, 5) is 4.04. The zero-order valence-electron chi connectivity index (χ0n) is 7.03. The normalized spacial score (nSPS) is 20.4. The van der Waals surface area contributed by atoms with Gasteiger partial charge in [-0.2, -0.15) is 5.10 Å². The molecule has 1 aliphatic rings. The topological polar surface area (TPSA) is 67.6 Å². The van der Waals surface area contributed by atoms with E-state index < -0.39 is 0 Å². The van der Waals surface area contributed by atoms with E-state index in [2.05, 4.69) is 15.2 Å². The summed E-state index contributed by atoms with van der Waals surface area (Å²) in [6.45, 7) is 0. The lowest BCUT2D eigenvalue weighted by Crippen LogP contribution is -2.20. The first-order valence-corrected chi connectivity index (χ1v) is 4.47. The molecule has 4 nitrogen and oxygen atoms in total. The maximum absolute atomic E-state index is 5.92. The minimum atomic E-state index is 0.0535. The van der Waals surface area contributed by atoms with Gasteiger partial charge in [0.05, 0.1) is 6.04 Å². The van der Waals surface area contributed by atoms with E-state index in [1.807, 2.05) is 0 Å². The number of aromatic nitrogens is 3. The van der Waals surface area contributed by atoms with Gasteiger partial charge in [-0.1, -0.05) is 19.3 Å². The third-order valence-electron chi connectivity index (χ3n) is 2.60. The number of aromatic amines is 1. The number of nitrogens with one attached hydrogen (secondary N) is 1. The van der Waals surface area contributed by atoms with E-state index in [9.17, 15) is 0 Å². The van der Waals surface area contributed by atoms with Crippen LogP contribution >= 0.6 is 0 Å². The molecular weight excluding hydrogens is 152 g/mol. The van der Waals surface area contributed by atoms with Crippen LogP contribution in [0.3, 0.4) is 0 Å². The predicted molar refractivity (Wildman–Crippen MR) is 45.3 cm³/mol. The van der Waals surface area contributed by atoms with Crippen LogP contribution in [0.1, 0.15) is 37.5 Å². The number of nitrogens with two attached hydrogens (primary N) is 1. The van der Waals surface area contributed by atoms with Gasteiger partial charge in [0.2, 0.25) is 0 Å². The van der Waals surface area contributed by atoms with Crippen LogP contribution in [0.4, 0.5) is 0 Å². The van der Waals surface area contributed by atoms with Gasteiger partial charge in [0.1, 0.15) is 12.2 Å². The zero-order chi connectivity index (χ0) is 8.39. The molecule has 4 heteroatoms. The van der Waals surface area contributed by atoms with Crippen LogP contribution in [0.5, 0.6) is 0 Å². The minimum Gasteiger partial charge on any atom is -0.321 e. The smallest absolute Gasteiger partial charge is 0.141 e. The van der Waals surface area contributed by atoms with Gasteiger partial charge in [-0.25, -0.2) is 4.98 Å². The van der Waals surface area contributed by atoms with Crippen LogP contribution in [0.25, 0.3) is 0 Å². The Morgan fingerprint density at radius 3 is 3.00 bits per heavy atom. The molecule has 1 heterocycles. The molecule has 0 bridgehead atoms. The second-order valence-electron chi connectivity index (χ2n) is 3.51. The van der Waals surface area contributed by atoms with Gasteiger partial charge in [-0.15, -0.1) is 0 Å². The van der Waals surface area contributed by atoms with Gasteiger partial charge in [0, 0.05) is 0 Å². The van der Waals surface area contributed by atoms with Crippen molar-refractivity contribution in [3.05, 3.63) is 12.2 Å². The van der Waals surface area contributed by atoms with Crippen molar-refractivity contribution in [3.63, 3.8) is 0 Å². The van der Waals surface area contributed by atoms with Gasteiger partial charge >= 0.3 is 0 Å². The highest BCUT2D eigenvalue weighted by atomic mass is 15.2. The molecule has 1 aromatic heterocycles. The summed E-state index contributed by atoms with van der Waals surface area (Å²) in [6.07, 6.45) is 6.60. The van der Waals surface area contributed by atoms with Gasteiger partial charge in [-0.05, 0) is 12.3 Å². The van der Waals surface area contributed by atoms with E-state index in [1.54, 1.807) is 0 Å². The Hall–Kier alpha value is -0.900. The highest BCUT2D eigenvalue weighted by Crippen LogP contribution is 2.32. The van der Waals surface area contributed by atoms with Gasteiger partial charge in [0.25, 0.3) is 0 Å². The van der Waals surface area contributed by atoms with E-state index in [1.165, 1.54) is 25.6 Å². The molecule has 3 N–H and O–H groups in total. The Balaban J connectivity index is 1.87. The second-order valence-corrected chi connectivity index (χ2v) is 3.51. The molecule has 0 spiro atoms. The van der Waals surface area contributed by atoms with Crippen molar-refractivity contribution < 1.29 is 0 Å². The minimum absolute atomic E-state index is 0.0535. The first-order chi connectivity index (χ1) is 5.86.